The van der Waals surface area contributed by atoms with Crippen LogP contribution < -0.4 is 5.32 Å². The molecule has 9 rings (SSSR count). The molecule has 1 amide bonds. The van der Waals surface area contributed by atoms with Crippen molar-refractivity contribution >= 4 is 6.09 Å². The quantitative estimate of drug-likeness (QED) is 0.148. The fraction of sp³-hybridized carbons (Fsp3) is 0.596. The highest BCUT2D eigenvalue weighted by atomic mass is 16.6. The lowest BCUT2D eigenvalue weighted by atomic mass is 9.78. The van der Waals surface area contributed by atoms with Crippen molar-refractivity contribution in [1.29, 1.82) is 0 Å². The number of ether oxygens (including phenoxy) is 2. The lowest BCUT2D eigenvalue weighted by Crippen LogP contribution is -2.30. The van der Waals surface area contributed by atoms with Crippen LogP contribution in [0.3, 0.4) is 0 Å². The number of amides is 1. The zero-order chi connectivity index (χ0) is 112. The van der Waals surface area contributed by atoms with E-state index < -0.39 is 0 Å². The van der Waals surface area contributed by atoms with Crippen LogP contribution in [0.1, 0.15) is 486 Å². The van der Waals surface area contributed by atoms with Crippen LogP contribution in [-0.2, 0) is 21.3 Å². The van der Waals surface area contributed by atoms with E-state index in [2.05, 4.69) is 600 Å². The number of hydrogen-bond donors (Lipinski definition) is 1. The fourth-order valence-corrected chi connectivity index (χ4v) is 10.1. The van der Waals surface area contributed by atoms with Crippen molar-refractivity contribution in [3.05, 3.63) is 323 Å². The number of rotatable bonds is 10. The van der Waals surface area contributed by atoms with Crippen LogP contribution in [0, 0.1) is 61.1 Å². The molecule has 9 aromatic carbocycles. The minimum absolute atomic E-state index is 0.293. The Morgan fingerprint density at radius 2 is 0.421 bits per heavy atom. The van der Waals surface area contributed by atoms with E-state index in [4.69, 9.17) is 4.74 Å². The number of benzene rings is 9. The summed E-state index contributed by atoms with van der Waals surface area (Å²) in [5, 5.41) is 2.36. The summed E-state index contributed by atoms with van der Waals surface area (Å²) in [4.78, 5) is 10.5. The van der Waals surface area contributed by atoms with E-state index in [-0.39, 0.29) is 11.7 Å². The molecule has 804 valence electrons. The maximum absolute atomic E-state index is 10.5. The number of methoxy groups -OCH3 is 1. The van der Waals surface area contributed by atoms with Gasteiger partial charge in [-0.2, -0.15) is 0 Å². The molecule has 0 saturated heterocycles. The fourth-order valence-electron chi connectivity index (χ4n) is 10.1. The topological polar surface area (TPSA) is 47.6 Å². The van der Waals surface area contributed by atoms with Gasteiger partial charge in [0.15, 0.2) is 0 Å². The molecule has 0 bridgehead atoms. The summed E-state index contributed by atoms with van der Waals surface area (Å²) in [7, 11) is 4.79. The summed E-state index contributed by atoms with van der Waals surface area (Å²) in [6.45, 7) is 123. The third-order valence-electron chi connectivity index (χ3n) is 17.6. The molecule has 0 fully saturated rings. The molecule has 4 heteroatoms. The molecule has 9 aromatic rings. The smallest absolute Gasteiger partial charge is 0.407 e. The first-order chi connectivity index (χ1) is 63.5. The molecule has 1 atom stereocenters. The number of hydrogen-bond acceptors (Lipinski definition) is 3. The Morgan fingerprint density at radius 3 is 0.514 bits per heavy atom. The Balaban J connectivity index is -0.000000161. The van der Waals surface area contributed by atoms with Gasteiger partial charge in [0.05, 0.1) is 0 Å². The molecule has 4 nitrogen and oxygen atoms in total. The van der Waals surface area contributed by atoms with Gasteiger partial charge in [-0.25, -0.2) is 4.79 Å². The maximum Gasteiger partial charge on any atom is 0.407 e. The van der Waals surface area contributed by atoms with Gasteiger partial charge in [0.25, 0.3) is 0 Å². The Morgan fingerprint density at radius 1 is 0.264 bits per heavy atom. The van der Waals surface area contributed by atoms with Gasteiger partial charge in [0.2, 0.25) is 0 Å². The number of nitrogens with one attached hydrogen (secondary N) is 1. The van der Waals surface area contributed by atoms with Crippen LogP contribution in [0.15, 0.2) is 273 Å². The predicted octanol–water partition coefficient (Wildman–Crippen LogP) is 45.0. The van der Waals surface area contributed by atoms with Crippen LogP contribution in [0.5, 0.6) is 0 Å². The molecule has 0 heterocycles. The average molecular weight is 1930 g/mol. The molecule has 1 N–H and O–H groups in total. The maximum atomic E-state index is 10.5. The minimum Gasteiger partial charge on any atom is -0.444 e. The molecule has 0 aromatic heterocycles. The molecular formula is C136H237NO3. The summed E-state index contributed by atoms with van der Waals surface area (Å²) >= 11 is 0. The Hall–Kier alpha value is -7.79. The highest BCUT2D eigenvalue weighted by Crippen LogP contribution is 2.32. The molecule has 0 aliphatic carbocycles. The van der Waals surface area contributed by atoms with E-state index in [0.29, 0.717) is 90.2 Å². The zero-order valence-electron chi connectivity index (χ0n) is 104. The van der Waals surface area contributed by atoms with Crippen molar-refractivity contribution in [2.45, 2.75) is 453 Å². The first-order valence-corrected chi connectivity index (χ1v) is 53.2. The summed E-state index contributed by atoms with van der Waals surface area (Å²) in [5.74, 6) is 6.93. The van der Waals surface area contributed by atoms with Crippen molar-refractivity contribution in [3.8, 4) is 0 Å². The minimum atomic E-state index is -0.389. The second-order valence-corrected chi connectivity index (χ2v) is 52.5. The van der Waals surface area contributed by atoms with Gasteiger partial charge in [0.1, 0.15) is 5.60 Å². The molecule has 0 saturated carbocycles. The lowest BCUT2D eigenvalue weighted by molar-refractivity contribution is 0.0541. The lowest BCUT2D eigenvalue weighted by Gasteiger charge is -2.28. The van der Waals surface area contributed by atoms with E-state index in [1.807, 2.05) is 71.0 Å². The second-order valence-electron chi connectivity index (χ2n) is 52.5. The Bertz CT molecular complexity index is 3560. The second kappa shape index (κ2) is 84.5. The normalized spacial score (nSPS) is 11.1. The van der Waals surface area contributed by atoms with Gasteiger partial charge in [0, 0.05) is 21.3 Å². The van der Waals surface area contributed by atoms with Crippen LogP contribution in [0.4, 0.5) is 4.79 Å². The van der Waals surface area contributed by atoms with Crippen LogP contribution in [0.2, 0.25) is 0 Å². The molecule has 0 spiro atoms. The molecule has 1 unspecified atom stereocenters. The van der Waals surface area contributed by atoms with Crippen molar-refractivity contribution in [2.75, 3.05) is 21.3 Å². The molecular weight excluding hydrogens is 1700 g/mol. The summed E-state index contributed by atoms with van der Waals surface area (Å²) in [6, 6.07) is 95.0. The summed E-state index contributed by atoms with van der Waals surface area (Å²) in [6.07, 6.45) is 2.10. The van der Waals surface area contributed by atoms with Gasteiger partial charge in [-0.3, -0.25) is 0 Å². The summed E-state index contributed by atoms with van der Waals surface area (Å²) < 4.78 is 9.09. The Kier molecular flexibility index (Phi) is 92.0. The monoisotopic (exact) mass is 1930 g/mol. The van der Waals surface area contributed by atoms with E-state index in [1.54, 1.807) is 14.2 Å². The van der Waals surface area contributed by atoms with Gasteiger partial charge in [-0.15, -0.1) is 0 Å². The van der Waals surface area contributed by atoms with Crippen LogP contribution in [-0.4, -0.2) is 33.0 Å². The average Bonchev–Trinajstić information content (AvgIpc) is 0.855. The molecule has 140 heavy (non-hydrogen) atoms. The SMILES string of the molecule is CC.CC(C)(C)C.CC(C)(C)C.CC(C)(C)C.CC(C)(C)C.CC(C)(C)C.CC(C)(C)CC(C)(C)C.CC(C)(C)c1ccccc1.CC(C)C(C)(C)C.CC(C)C(C)c1ccccc1.CC(C)Cc1ccccc1.CC(C)c1ccccc1.CC(C)c1ccccc1.CC(C)c1ccccc1.CC(C)c1ccccc1.CC(C)c1ccccc1.CC(C)c1ccccc1.CNC(=O)OC(C)(C)C.COC. The molecule has 0 radical (unpaired) electrons. The highest BCUT2D eigenvalue weighted by molar-refractivity contribution is 5.67. The molecule has 0 aliphatic rings. The standard InChI is InChI=1S/C11H16.2C10H14.6C9H12.C9H20.C7H16.C6H13NO2.5C5H12.C2H6O.C2H6/c1-9(2)10(3)11-7-5-4-6-8-11;1-10(2,3)9-7-5-4-6-8-9;1-9(2)8-10-6-4-3-5-7-10;6*1-8(2)9-6-4-3-5-7-9;1-8(2,3)7-9(4,5)6;1-6(2)7(3,4)5;1-6(2,3)9-5(8)7-4;5*1-5(2,3)4;1-3-2;1-2/h4-10H,1-3H3;4-8H,1-3H3;3-7,9H,8H2,1-2H3;6*3-8H,1-2H3;7H2,1-6H3;6H,1-5H3;1-4H3,(H,7,8);5*1-4H3;1-2H3;1-2H3. The van der Waals surface area contributed by atoms with Crippen LogP contribution >= 0.6 is 0 Å². The van der Waals surface area contributed by atoms with Crippen molar-refractivity contribution < 1.29 is 14.3 Å². The third kappa shape index (κ3) is 139. The largest absolute Gasteiger partial charge is 0.444 e. The van der Waals surface area contributed by atoms with E-state index >= 15 is 0 Å². The first kappa shape index (κ1) is 152. The van der Waals surface area contributed by atoms with E-state index in [1.165, 1.54) is 70.0 Å². The van der Waals surface area contributed by atoms with Crippen molar-refractivity contribution in [1.82, 2.24) is 5.32 Å². The Labute approximate surface area is 878 Å². The number of carbonyl (C=O) groups excluding carboxylic acids is 1. The van der Waals surface area contributed by atoms with Crippen molar-refractivity contribution in [3.63, 3.8) is 0 Å². The molecule has 0 aliphatic heterocycles. The zero-order valence-corrected chi connectivity index (χ0v) is 104. The van der Waals surface area contributed by atoms with Gasteiger partial charge in [-0.05, 0) is 192 Å². The van der Waals surface area contributed by atoms with E-state index in [0.717, 1.165) is 17.8 Å². The predicted molar refractivity (Wildman–Crippen MR) is 646 cm³/mol. The first-order valence-electron chi connectivity index (χ1n) is 53.2. The van der Waals surface area contributed by atoms with Crippen molar-refractivity contribution in [2.24, 2.45) is 61.1 Å². The number of alkyl carbamates (subject to hydrolysis) is 1. The highest BCUT2D eigenvalue weighted by Gasteiger charge is 2.21. The van der Waals surface area contributed by atoms with Gasteiger partial charge in [-0.1, -0.05) is 640 Å². The summed E-state index contributed by atoms with van der Waals surface area (Å²) in [5.41, 5.74) is 16.6. The number of carbonyl (C=O) groups is 1. The van der Waals surface area contributed by atoms with Gasteiger partial charge < -0.3 is 14.8 Å². The van der Waals surface area contributed by atoms with Gasteiger partial charge >= 0.3 is 6.09 Å². The third-order valence-corrected chi connectivity index (χ3v) is 17.6. The van der Waals surface area contributed by atoms with E-state index in [9.17, 15) is 4.79 Å². The van der Waals surface area contributed by atoms with Crippen LogP contribution in [0.25, 0.3) is 0 Å².